The van der Waals surface area contributed by atoms with Crippen molar-refractivity contribution >= 4 is 28.3 Å². The van der Waals surface area contributed by atoms with Gasteiger partial charge in [-0.25, -0.2) is 13.9 Å². The highest BCUT2D eigenvalue weighted by molar-refractivity contribution is 6.04. The maximum absolute atomic E-state index is 13.3. The van der Waals surface area contributed by atoms with Crippen molar-refractivity contribution < 1.29 is 18.7 Å². The van der Waals surface area contributed by atoms with Crippen LogP contribution in [-0.4, -0.2) is 21.7 Å². The largest absolute Gasteiger partial charge is 0.442 e. The Morgan fingerprint density at radius 2 is 1.62 bits per heavy atom. The summed E-state index contributed by atoms with van der Waals surface area (Å²) in [5, 5.41) is 7.57. The van der Waals surface area contributed by atoms with Crippen LogP contribution in [-0.2, 0) is 16.1 Å². The number of carbonyl (C=O) groups is 2. The van der Waals surface area contributed by atoms with Gasteiger partial charge < -0.3 is 10.1 Å². The number of anilines is 1. The number of halogens is 1. The van der Waals surface area contributed by atoms with Crippen LogP contribution in [0.3, 0.4) is 0 Å². The number of hydrogen-bond acceptors (Lipinski definition) is 5. The van der Waals surface area contributed by atoms with Crippen LogP contribution in [0.15, 0.2) is 83.7 Å². The molecule has 34 heavy (non-hydrogen) atoms. The molecule has 0 spiro atoms. The third-order valence-corrected chi connectivity index (χ3v) is 5.17. The first-order valence-electron chi connectivity index (χ1n) is 10.8. The molecule has 1 amide bonds. The summed E-state index contributed by atoms with van der Waals surface area (Å²) in [6.07, 6.45) is -0.655. The lowest BCUT2D eigenvalue weighted by atomic mass is 10.1. The van der Waals surface area contributed by atoms with Crippen LogP contribution >= 0.6 is 0 Å². The van der Waals surface area contributed by atoms with Gasteiger partial charge in [0.2, 0.25) is 6.10 Å². The maximum Gasteiger partial charge on any atom is 0.360 e. The highest BCUT2D eigenvalue weighted by Gasteiger charge is 2.28. The van der Waals surface area contributed by atoms with Gasteiger partial charge in [0.15, 0.2) is 5.69 Å². The van der Waals surface area contributed by atoms with Gasteiger partial charge in [0.05, 0.1) is 5.39 Å². The number of fused-ring (bicyclic) bond motifs is 1. The smallest absolute Gasteiger partial charge is 0.360 e. The van der Waals surface area contributed by atoms with Crippen molar-refractivity contribution in [3.05, 3.63) is 106 Å². The molecule has 7 nitrogen and oxygen atoms in total. The van der Waals surface area contributed by atoms with Crippen molar-refractivity contribution in [2.24, 2.45) is 0 Å². The van der Waals surface area contributed by atoms with Gasteiger partial charge in [0.1, 0.15) is 5.82 Å². The van der Waals surface area contributed by atoms with Crippen LogP contribution in [0, 0.1) is 5.82 Å². The van der Waals surface area contributed by atoms with E-state index in [2.05, 4.69) is 10.4 Å². The monoisotopic (exact) mass is 459 g/mol. The van der Waals surface area contributed by atoms with Gasteiger partial charge in [-0.15, -0.1) is 0 Å². The molecule has 1 N–H and O–H groups in total. The molecule has 4 aromatic rings. The normalized spacial score (nSPS) is 11.7. The summed E-state index contributed by atoms with van der Waals surface area (Å²) < 4.78 is 20.1. The zero-order valence-corrected chi connectivity index (χ0v) is 18.4. The Hall–Kier alpha value is -4.33. The van der Waals surface area contributed by atoms with Gasteiger partial charge in [-0.3, -0.25) is 9.59 Å². The first-order chi connectivity index (χ1) is 16.5. The molecule has 1 atom stereocenters. The molecule has 1 heterocycles. The molecular formula is C26H22FN3O4. The molecular weight excluding hydrogens is 437 g/mol. The van der Waals surface area contributed by atoms with Crippen LogP contribution in [0.1, 0.15) is 35.5 Å². The first kappa shape index (κ1) is 22.8. The zero-order valence-electron chi connectivity index (χ0n) is 18.4. The summed E-state index contributed by atoms with van der Waals surface area (Å²) in [4.78, 5) is 39.1. The number of aryl methyl sites for hydroxylation is 1. The van der Waals surface area contributed by atoms with Gasteiger partial charge in [-0.1, -0.05) is 55.5 Å². The van der Waals surface area contributed by atoms with Crippen molar-refractivity contribution in [2.45, 2.75) is 26.0 Å². The van der Waals surface area contributed by atoms with Crippen LogP contribution in [0.5, 0.6) is 0 Å². The minimum atomic E-state index is -1.30. The second-order valence-corrected chi connectivity index (χ2v) is 7.61. The zero-order chi connectivity index (χ0) is 24.1. The Morgan fingerprint density at radius 1 is 0.971 bits per heavy atom. The minimum absolute atomic E-state index is 0.0563. The van der Waals surface area contributed by atoms with Crippen molar-refractivity contribution in [3.63, 3.8) is 0 Å². The van der Waals surface area contributed by atoms with E-state index in [4.69, 9.17) is 4.74 Å². The Morgan fingerprint density at radius 3 is 2.29 bits per heavy atom. The third-order valence-electron chi connectivity index (χ3n) is 5.17. The fourth-order valence-electron chi connectivity index (χ4n) is 3.55. The number of nitrogens with one attached hydrogen (secondary N) is 1. The molecule has 8 heteroatoms. The third kappa shape index (κ3) is 4.85. The molecule has 0 aliphatic rings. The van der Waals surface area contributed by atoms with E-state index in [0.717, 1.165) is 0 Å². The lowest BCUT2D eigenvalue weighted by molar-refractivity contribution is -0.125. The van der Waals surface area contributed by atoms with E-state index in [1.54, 1.807) is 54.6 Å². The van der Waals surface area contributed by atoms with Crippen molar-refractivity contribution in [3.8, 4) is 0 Å². The van der Waals surface area contributed by atoms with E-state index in [1.807, 2.05) is 6.92 Å². The molecule has 0 aliphatic heterocycles. The Balaban J connectivity index is 1.71. The molecule has 1 aromatic heterocycles. The van der Waals surface area contributed by atoms with Gasteiger partial charge in [-0.2, -0.15) is 5.10 Å². The van der Waals surface area contributed by atoms with Gasteiger partial charge in [0, 0.05) is 23.2 Å². The summed E-state index contributed by atoms with van der Waals surface area (Å²) in [5.74, 6) is -1.90. The molecule has 0 saturated carbocycles. The SMILES string of the molecule is CCCn1nc(C(=O)OC(C(=O)Nc2ccc(F)cc2)c2ccccc2)c2ccccc2c1=O. The number of nitrogens with zero attached hydrogens (tertiary/aromatic N) is 2. The molecule has 0 aliphatic carbocycles. The lowest BCUT2D eigenvalue weighted by Gasteiger charge is -2.19. The Kier molecular flexibility index (Phi) is 6.77. The van der Waals surface area contributed by atoms with Crippen molar-refractivity contribution in [1.29, 1.82) is 0 Å². The molecule has 172 valence electrons. The minimum Gasteiger partial charge on any atom is -0.442 e. The van der Waals surface area contributed by atoms with Crippen molar-refractivity contribution in [2.75, 3.05) is 5.32 Å². The number of aromatic nitrogens is 2. The number of esters is 1. The van der Waals surface area contributed by atoms with Crippen LogP contribution in [0.2, 0.25) is 0 Å². The summed E-state index contributed by atoms with van der Waals surface area (Å²) in [5.41, 5.74) is 0.437. The maximum atomic E-state index is 13.3. The Labute approximate surface area is 194 Å². The predicted molar refractivity (Wildman–Crippen MR) is 126 cm³/mol. The molecule has 3 aromatic carbocycles. The number of rotatable bonds is 7. The average molecular weight is 459 g/mol. The van der Waals surface area contributed by atoms with Gasteiger partial charge in [-0.05, 0) is 36.8 Å². The molecule has 1 unspecified atom stereocenters. The quantitative estimate of drug-likeness (QED) is 0.412. The molecule has 0 saturated heterocycles. The van der Waals surface area contributed by atoms with Crippen LogP contribution < -0.4 is 10.9 Å². The molecule has 0 radical (unpaired) electrons. The Bertz CT molecular complexity index is 1390. The number of hydrogen-bond donors (Lipinski definition) is 1. The van der Waals surface area contributed by atoms with E-state index in [0.29, 0.717) is 35.0 Å². The summed E-state index contributed by atoms with van der Waals surface area (Å²) in [6.45, 7) is 2.23. The summed E-state index contributed by atoms with van der Waals surface area (Å²) >= 11 is 0. The van der Waals surface area contributed by atoms with E-state index >= 15 is 0 Å². The fraction of sp³-hybridized carbons (Fsp3) is 0.154. The van der Waals surface area contributed by atoms with Gasteiger partial charge in [0.25, 0.3) is 11.5 Å². The highest BCUT2D eigenvalue weighted by Crippen LogP contribution is 2.23. The average Bonchev–Trinajstić information content (AvgIpc) is 2.86. The topological polar surface area (TPSA) is 90.3 Å². The van der Waals surface area contributed by atoms with E-state index in [-0.39, 0.29) is 11.3 Å². The van der Waals surface area contributed by atoms with Crippen molar-refractivity contribution in [1.82, 2.24) is 9.78 Å². The number of amides is 1. The molecule has 4 rings (SSSR count). The number of ether oxygens (including phenoxy) is 1. The second-order valence-electron chi connectivity index (χ2n) is 7.61. The number of carbonyl (C=O) groups excluding carboxylic acids is 2. The first-order valence-corrected chi connectivity index (χ1v) is 10.8. The lowest BCUT2D eigenvalue weighted by Crippen LogP contribution is -2.29. The van der Waals surface area contributed by atoms with Crippen LogP contribution in [0.25, 0.3) is 10.8 Å². The van der Waals surface area contributed by atoms with Gasteiger partial charge >= 0.3 is 5.97 Å². The predicted octanol–water partition coefficient (Wildman–Crippen LogP) is 4.48. The van der Waals surface area contributed by atoms with E-state index < -0.39 is 23.8 Å². The van der Waals surface area contributed by atoms with E-state index in [9.17, 15) is 18.8 Å². The van der Waals surface area contributed by atoms with Crippen LogP contribution in [0.4, 0.5) is 10.1 Å². The second kappa shape index (κ2) is 10.1. The fourth-order valence-corrected chi connectivity index (χ4v) is 3.55. The number of benzene rings is 3. The molecule has 0 fully saturated rings. The summed E-state index contributed by atoms with van der Waals surface area (Å²) in [7, 11) is 0. The van der Waals surface area contributed by atoms with E-state index in [1.165, 1.54) is 28.9 Å². The standard InChI is InChI=1S/C26H22FN3O4/c1-2-16-30-25(32)21-11-7-6-10-20(21)22(29-30)26(33)34-23(17-8-4-3-5-9-17)24(31)28-19-14-12-18(27)13-15-19/h3-15,23H,2,16H2,1H3,(H,28,31). The molecule has 0 bridgehead atoms. The highest BCUT2D eigenvalue weighted by atomic mass is 19.1. The summed E-state index contributed by atoms with van der Waals surface area (Å²) in [6, 6.07) is 20.4.